The number of pyridine rings is 1. The molecule has 0 fully saturated rings. The number of aryl methyl sites for hydroxylation is 3. The van der Waals surface area contributed by atoms with E-state index in [-0.39, 0.29) is 5.65 Å². The SMILES string of the molecule is CCS(=O)c1c(-c2nc3cc(C(C)(F)C(F)(F)F)ncn3c2C)nn2c(C)c(C)c(C)c(C)c12. The number of imidazole rings is 1. The van der Waals surface area contributed by atoms with E-state index in [0.29, 0.717) is 34.7 Å². The van der Waals surface area contributed by atoms with Gasteiger partial charge in [-0.05, 0) is 58.2 Å². The van der Waals surface area contributed by atoms with Gasteiger partial charge >= 0.3 is 6.18 Å². The summed E-state index contributed by atoms with van der Waals surface area (Å²) in [6.07, 6.45) is -4.00. The van der Waals surface area contributed by atoms with E-state index in [1.165, 1.54) is 4.40 Å². The van der Waals surface area contributed by atoms with E-state index in [9.17, 15) is 21.8 Å². The van der Waals surface area contributed by atoms with Gasteiger partial charge in [0.25, 0.3) is 0 Å². The van der Waals surface area contributed by atoms with E-state index < -0.39 is 28.3 Å². The lowest BCUT2D eigenvalue weighted by atomic mass is 10.0. The first kappa shape index (κ1) is 24.3. The number of alkyl halides is 4. The van der Waals surface area contributed by atoms with Gasteiger partial charge in [0.15, 0.2) is 0 Å². The van der Waals surface area contributed by atoms with Gasteiger partial charge in [0.05, 0.1) is 32.6 Å². The van der Waals surface area contributed by atoms with Gasteiger partial charge in [-0.2, -0.15) is 18.3 Å². The summed E-state index contributed by atoms with van der Waals surface area (Å²) in [6.45, 7) is 11.8. The van der Waals surface area contributed by atoms with Crippen LogP contribution >= 0.6 is 0 Å². The summed E-state index contributed by atoms with van der Waals surface area (Å²) < 4.78 is 70.6. The third-order valence-corrected chi connectivity index (χ3v) is 8.03. The molecule has 2 unspecified atom stereocenters. The Hall–Kier alpha value is -2.82. The predicted molar refractivity (Wildman–Crippen MR) is 122 cm³/mol. The van der Waals surface area contributed by atoms with E-state index in [1.54, 1.807) is 18.4 Å². The first-order chi connectivity index (χ1) is 15.7. The summed E-state index contributed by atoms with van der Waals surface area (Å²) in [5.41, 5.74) is 1.68. The van der Waals surface area contributed by atoms with Crippen molar-refractivity contribution in [3.63, 3.8) is 0 Å². The molecular formula is C23H25F4N5OS. The lowest BCUT2D eigenvalue weighted by Gasteiger charge is -2.22. The maximum absolute atomic E-state index is 14.5. The van der Waals surface area contributed by atoms with Crippen LogP contribution in [-0.4, -0.2) is 40.1 Å². The number of aromatic nitrogens is 5. The lowest BCUT2D eigenvalue weighted by Crippen LogP contribution is -2.35. The van der Waals surface area contributed by atoms with Crippen LogP contribution in [0.4, 0.5) is 17.6 Å². The molecule has 4 heterocycles. The quantitative estimate of drug-likeness (QED) is 0.353. The Labute approximate surface area is 196 Å². The summed E-state index contributed by atoms with van der Waals surface area (Å²) in [7, 11) is -1.40. The topological polar surface area (TPSA) is 64.6 Å². The fourth-order valence-corrected chi connectivity index (χ4v) is 5.17. The van der Waals surface area contributed by atoms with Crippen LogP contribution in [0.25, 0.3) is 22.6 Å². The molecule has 6 nitrogen and oxygen atoms in total. The largest absolute Gasteiger partial charge is 0.428 e. The maximum atomic E-state index is 14.5. The highest BCUT2D eigenvalue weighted by Gasteiger charge is 2.54. The van der Waals surface area contributed by atoms with Crippen molar-refractivity contribution < 1.29 is 21.8 Å². The summed E-state index contributed by atoms with van der Waals surface area (Å²) in [5, 5.41) is 4.75. The van der Waals surface area contributed by atoms with Crippen molar-refractivity contribution in [3.05, 3.63) is 46.2 Å². The third-order valence-electron chi connectivity index (χ3n) is 6.67. The molecule has 0 aliphatic heterocycles. The summed E-state index contributed by atoms with van der Waals surface area (Å²) in [6, 6.07) is 0.987. The van der Waals surface area contributed by atoms with Gasteiger partial charge in [-0.25, -0.2) is 18.9 Å². The van der Waals surface area contributed by atoms with Crippen molar-refractivity contribution in [3.8, 4) is 11.4 Å². The van der Waals surface area contributed by atoms with E-state index in [4.69, 9.17) is 5.10 Å². The maximum Gasteiger partial charge on any atom is 0.428 e. The molecule has 2 atom stereocenters. The molecule has 34 heavy (non-hydrogen) atoms. The first-order valence-corrected chi connectivity index (χ1v) is 12.0. The Morgan fingerprint density at radius 3 is 2.21 bits per heavy atom. The minimum atomic E-state index is -5.12. The Kier molecular flexibility index (Phi) is 5.62. The Balaban J connectivity index is 2.05. The fraction of sp³-hybridized carbons (Fsp3) is 0.435. The number of hydrogen-bond donors (Lipinski definition) is 0. The molecule has 0 aliphatic carbocycles. The molecule has 0 bridgehead atoms. The van der Waals surface area contributed by atoms with Gasteiger partial charge in [-0.1, -0.05) is 6.92 Å². The molecule has 11 heteroatoms. The molecule has 0 amide bonds. The van der Waals surface area contributed by atoms with E-state index in [1.807, 2.05) is 27.7 Å². The second-order valence-corrected chi connectivity index (χ2v) is 10.3. The van der Waals surface area contributed by atoms with E-state index in [2.05, 4.69) is 9.97 Å². The molecule has 4 aromatic heterocycles. The highest BCUT2D eigenvalue weighted by atomic mass is 32.2. The molecule has 0 spiro atoms. The van der Waals surface area contributed by atoms with Crippen LogP contribution in [0.15, 0.2) is 17.3 Å². The Morgan fingerprint density at radius 1 is 0.971 bits per heavy atom. The summed E-state index contributed by atoms with van der Waals surface area (Å²) >= 11 is 0. The smallest absolute Gasteiger partial charge is 0.287 e. The normalized spacial score (nSPS) is 15.3. The number of fused-ring (bicyclic) bond motifs is 2. The molecule has 0 radical (unpaired) electrons. The molecule has 0 saturated carbocycles. The van der Waals surface area contributed by atoms with Gasteiger partial charge < -0.3 is 0 Å². The molecule has 4 rings (SSSR count). The third kappa shape index (κ3) is 3.35. The van der Waals surface area contributed by atoms with Crippen molar-refractivity contribution in [2.75, 3.05) is 5.75 Å². The zero-order valence-corrected chi connectivity index (χ0v) is 20.7. The Morgan fingerprint density at radius 2 is 1.62 bits per heavy atom. The van der Waals surface area contributed by atoms with Crippen LogP contribution in [0.1, 0.15) is 47.6 Å². The average Bonchev–Trinajstić information content (AvgIpc) is 3.33. The molecule has 0 aromatic carbocycles. The van der Waals surface area contributed by atoms with Gasteiger partial charge in [-0.3, -0.25) is 8.61 Å². The molecule has 0 N–H and O–H groups in total. The number of hydrogen-bond acceptors (Lipinski definition) is 4. The van der Waals surface area contributed by atoms with Crippen molar-refractivity contribution >= 4 is 22.0 Å². The molecule has 0 aliphatic rings. The molecule has 182 valence electrons. The minimum Gasteiger partial charge on any atom is -0.287 e. The van der Waals surface area contributed by atoms with Gasteiger partial charge in [0, 0.05) is 17.5 Å². The number of rotatable bonds is 4. The Bertz CT molecular complexity index is 1480. The van der Waals surface area contributed by atoms with Crippen molar-refractivity contribution in [2.24, 2.45) is 0 Å². The van der Waals surface area contributed by atoms with Gasteiger partial charge in [-0.15, -0.1) is 0 Å². The minimum absolute atomic E-state index is 0.0942. The predicted octanol–water partition coefficient (Wildman–Crippen LogP) is 5.46. The van der Waals surface area contributed by atoms with Crippen LogP contribution in [0, 0.1) is 34.6 Å². The van der Waals surface area contributed by atoms with Crippen LogP contribution in [0.3, 0.4) is 0 Å². The molecule has 4 aromatic rings. The highest BCUT2D eigenvalue weighted by Crippen LogP contribution is 2.42. The zero-order chi connectivity index (χ0) is 25.3. The van der Waals surface area contributed by atoms with Gasteiger partial charge in [0.2, 0.25) is 5.67 Å². The zero-order valence-electron chi connectivity index (χ0n) is 19.9. The van der Waals surface area contributed by atoms with Crippen LogP contribution in [0.5, 0.6) is 0 Å². The second-order valence-electron chi connectivity index (χ2n) is 8.58. The van der Waals surface area contributed by atoms with Gasteiger partial charge in [0.1, 0.15) is 23.4 Å². The fourth-order valence-electron chi connectivity index (χ4n) is 4.07. The molecular weight excluding hydrogens is 470 g/mol. The first-order valence-electron chi connectivity index (χ1n) is 10.7. The number of halogens is 4. The van der Waals surface area contributed by atoms with Crippen molar-refractivity contribution in [2.45, 2.75) is 65.2 Å². The van der Waals surface area contributed by atoms with E-state index in [0.717, 1.165) is 40.3 Å². The van der Waals surface area contributed by atoms with E-state index >= 15 is 0 Å². The van der Waals surface area contributed by atoms with Crippen LogP contribution < -0.4 is 0 Å². The standard InChI is InChI=1S/C23H25F4N5OS/c1-8-34(33)21-19(30-32-14(5)12(3)11(2)13(4)20(21)32)18-15(6)31-10-28-16(9-17(31)29-18)22(7,24)23(25,26)27/h9-10H,8H2,1-7H3. The summed E-state index contributed by atoms with van der Waals surface area (Å²) in [5.74, 6) is 0.351. The van der Waals surface area contributed by atoms with Crippen molar-refractivity contribution in [1.82, 2.24) is 24.0 Å². The second kappa shape index (κ2) is 7.86. The summed E-state index contributed by atoms with van der Waals surface area (Å²) in [4.78, 5) is 8.74. The lowest BCUT2D eigenvalue weighted by molar-refractivity contribution is -0.230. The van der Waals surface area contributed by atoms with Crippen molar-refractivity contribution in [1.29, 1.82) is 0 Å². The average molecular weight is 496 g/mol. The highest BCUT2D eigenvalue weighted by molar-refractivity contribution is 7.85. The van der Waals surface area contributed by atoms with Crippen LogP contribution in [-0.2, 0) is 16.5 Å². The molecule has 0 saturated heterocycles. The monoisotopic (exact) mass is 495 g/mol. The number of nitrogens with zero attached hydrogens (tertiary/aromatic N) is 5. The van der Waals surface area contributed by atoms with Crippen LogP contribution in [0.2, 0.25) is 0 Å².